The molecule has 0 spiro atoms. The van der Waals surface area contributed by atoms with Crippen molar-refractivity contribution in [2.24, 2.45) is 5.92 Å². The van der Waals surface area contributed by atoms with Gasteiger partial charge in [-0.1, -0.05) is 30.3 Å². The van der Waals surface area contributed by atoms with Crippen molar-refractivity contribution in [3.63, 3.8) is 0 Å². The lowest BCUT2D eigenvalue weighted by molar-refractivity contribution is 0.264. The number of hydrogen-bond donors (Lipinski definition) is 1. The molecule has 2 rings (SSSR count). The molecule has 1 N–H and O–H groups in total. The van der Waals surface area contributed by atoms with Crippen LogP contribution in [0.15, 0.2) is 30.3 Å². The number of nitriles is 1. The Hall–Kier alpha value is -1.37. The van der Waals surface area contributed by atoms with Gasteiger partial charge in [0.15, 0.2) is 0 Å². The van der Waals surface area contributed by atoms with Crippen molar-refractivity contribution in [3.05, 3.63) is 35.9 Å². The zero-order valence-electron chi connectivity index (χ0n) is 12.5. The Morgan fingerprint density at radius 2 is 2.10 bits per heavy atom. The molecular weight excluding hydrogens is 246 g/mol. The molecule has 1 saturated heterocycles. The molecule has 2 atom stereocenters. The first-order valence-corrected chi connectivity index (χ1v) is 7.60. The van der Waals surface area contributed by atoms with Crippen LogP contribution in [0.1, 0.15) is 31.7 Å². The van der Waals surface area contributed by atoms with Crippen LogP contribution in [0.3, 0.4) is 0 Å². The third-order valence-electron chi connectivity index (χ3n) is 4.19. The van der Waals surface area contributed by atoms with E-state index in [0.29, 0.717) is 6.04 Å². The normalized spacial score (nSPS) is 21.0. The summed E-state index contributed by atoms with van der Waals surface area (Å²) in [5.74, 6) is 0.686. The van der Waals surface area contributed by atoms with Gasteiger partial charge in [-0.2, -0.15) is 5.26 Å². The third kappa shape index (κ3) is 4.06. The largest absolute Gasteiger partial charge is 0.315 e. The molecule has 2 unspecified atom stereocenters. The average Bonchev–Trinajstić information content (AvgIpc) is 2.94. The Kier molecular flexibility index (Phi) is 5.58. The van der Waals surface area contributed by atoms with Crippen LogP contribution in [0, 0.1) is 17.2 Å². The zero-order chi connectivity index (χ0) is 14.4. The highest BCUT2D eigenvalue weighted by Crippen LogP contribution is 2.18. The first kappa shape index (κ1) is 15.0. The summed E-state index contributed by atoms with van der Waals surface area (Å²) in [6.07, 6.45) is 1.27. The van der Waals surface area contributed by atoms with Crippen molar-refractivity contribution >= 4 is 0 Å². The van der Waals surface area contributed by atoms with Crippen LogP contribution < -0.4 is 5.32 Å². The van der Waals surface area contributed by atoms with Gasteiger partial charge in [0.2, 0.25) is 0 Å². The lowest BCUT2D eigenvalue weighted by atomic mass is 10.0. The third-order valence-corrected chi connectivity index (χ3v) is 4.19. The first-order valence-electron chi connectivity index (χ1n) is 7.60. The fourth-order valence-electron chi connectivity index (χ4n) is 2.85. The number of nitrogens with one attached hydrogen (secondary N) is 1. The Morgan fingerprint density at radius 3 is 2.70 bits per heavy atom. The van der Waals surface area contributed by atoms with E-state index >= 15 is 0 Å². The summed E-state index contributed by atoms with van der Waals surface area (Å²) < 4.78 is 0. The van der Waals surface area contributed by atoms with Crippen molar-refractivity contribution in [2.75, 3.05) is 26.2 Å². The molecule has 3 heteroatoms. The minimum Gasteiger partial charge on any atom is -0.315 e. The number of benzene rings is 1. The molecule has 1 fully saturated rings. The van der Waals surface area contributed by atoms with E-state index < -0.39 is 0 Å². The standard InChI is InChI=1S/C17H25N3/c1-14(2)20-9-8-15(13-20)11-19-12-17(10-18)16-6-4-3-5-7-16/h3-7,14-15,17,19H,8-9,11-13H2,1-2H3. The van der Waals surface area contributed by atoms with E-state index in [4.69, 9.17) is 0 Å². The van der Waals surface area contributed by atoms with Gasteiger partial charge in [0.25, 0.3) is 0 Å². The van der Waals surface area contributed by atoms with Gasteiger partial charge in [-0.25, -0.2) is 0 Å². The van der Waals surface area contributed by atoms with E-state index in [0.717, 1.165) is 24.6 Å². The summed E-state index contributed by atoms with van der Waals surface area (Å²) >= 11 is 0. The van der Waals surface area contributed by atoms with E-state index in [1.54, 1.807) is 0 Å². The molecule has 1 aromatic rings. The maximum absolute atomic E-state index is 9.29. The van der Waals surface area contributed by atoms with E-state index in [1.165, 1.54) is 19.5 Å². The summed E-state index contributed by atoms with van der Waals surface area (Å²) in [5, 5.41) is 12.8. The second kappa shape index (κ2) is 7.42. The predicted molar refractivity (Wildman–Crippen MR) is 82.5 cm³/mol. The smallest absolute Gasteiger partial charge is 0.0837 e. The first-order chi connectivity index (χ1) is 9.70. The molecule has 1 heterocycles. The SMILES string of the molecule is CC(C)N1CCC(CNCC(C#N)c2ccccc2)C1. The Bertz CT molecular complexity index is 435. The van der Waals surface area contributed by atoms with Gasteiger partial charge in [-0.05, 0) is 44.8 Å². The van der Waals surface area contributed by atoms with Crippen LogP contribution in [-0.4, -0.2) is 37.1 Å². The Balaban J connectivity index is 1.74. The second-order valence-electron chi connectivity index (χ2n) is 5.99. The van der Waals surface area contributed by atoms with Crippen molar-refractivity contribution in [1.29, 1.82) is 5.26 Å². The summed E-state index contributed by atoms with van der Waals surface area (Å²) in [5.41, 5.74) is 1.11. The quantitative estimate of drug-likeness (QED) is 0.864. The van der Waals surface area contributed by atoms with E-state index in [9.17, 15) is 5.26 Å². The van der Waals surface area contributed by atoms with Crippen LogP contribution in [-0.2, 0) is 0 Å². The van der Waals surface area contributed by atoms with Gasteiger partial charge in [-0.15, -0.1) is 0 Å². The zero-order valence-corrected chi connectivity index (χ0v) is 12.5. The van der Waals surface area contributed by atoms with Gasteiger partial charge in [0.1, 0.15) is 0 Å². The lowest BCUT2D eigenvalue weighted by Crippen LogP contribution is -2.31. The molecule has 3 nitrogen and oxygen atoms in total. The summed E-state index contributed by atoms with van der Waals surface area (Å²) in [6, 6.07) is 13.1. The van der Waals surface area contributed by atoms with Crippen LogP contribution in [0.2, 0.25) is 0 Å². The van der Waals surface area contributed by atoms with Crippen molar-refractivity contribution in [2.45, 2.75) is 32.2 Å². The highest BCUT2D eigenvalue weighted by molar-refractivity contribution is 5.24. The molecule has 1 aromatic carbocycles. The van der Waals surface area contributed by atoms with Crippen LogP contribution >= 0.6 is 0 Å². The number of nitrogens with zero attached hydrogens (tertiary/aromatic N) is 2. The monoisotopic (exact) mass is 271 g/mol. The molecular formula is C17H25N3. The van der Waals surface area contributed by atoms with E-state index in [1.807, 2.05) is 30.3 Å². The minimum atomic E-state index is -0.0428. The highest BCUT2D eigenvalue weighted by Gasteiger charge is 2.23. The molecule has 0 aliphatic carbocycles. The molecule has 0 aromatic heterocycles. The minimum absolute atomic E-state index is 0.0428. The average molecular weight is 271 g/mol. The number of hydrogen-bond acceptors (Lipinski definition) is 3. The lowest BCUT2D eigenvalue weighted by Gasteiger charge is -2.20. The van der Waals surface area contributed by atoms with Crippen LogP contribution in [0.25, 0.3) is 0 Å². The van der Waals surface area contributed by atoms with Gasteiger partial charge in [0.05, 0.1) is 12.0 Å². The fraction of sp³-hybridized carbons (Fsp3) is 0.588. The summed E-state index contributed by atoms with van der Waals surface area (Å²) in [4.78, 5) is 2.53. The topological polar surface area (TPSA) is 39.1 Å². The summed E-state index contributed by atoms with van der Waals surface area (Å²) in [7, 11) is 0. The fourth-order valence-corrected chi connectivity index (χ4v) is 2.85. The van der Waals surface area contributed by atoms with Gasteiger partial charge >= 0.3 is 0 Å². The van der Waals surface area contributed by atoms with E-state index in [-0.39, 0.29) is 5.92 Å². The molecule has 1 aliphatic rings. The number of rotatable bonds is 6. The van der Waals surface area contributed by atoms with Crippen molar-refractivity contribution < 1.29 is 0 Å². The molecule has 0 radical (unpaired) electrons. The van der Waals surface area contributed by atoms with Gasteiger partial charge < -0.3 is 10.2 Å². The predicted octanol–water partition coefficient (Wildman–Crippen LogP) is 2.61. The van der Waals surface area contributed by atoms with Gasteiger partial charge in [0, 0.05) is 19.1 Å². The molecule has 1 aliphatic heterocycles. The molecule has 0 saturated carbocycles. The molecule has 20 heavy (non-hydrogen) atoms. The van der Waals surface area contributed by atoms with Crippen molar-refractivity contribution in [1.82, 2.24) is 10.2 Å². The van der Waals surface area contributed by atoms with Crippen LogP contribution in [0.5, 0.6) is 0 Å². The maximum atomic E-state index is 9.29. The number of likely N-dealkylation sites (tertiary alicyclic amines) is 1. The Morgan fingerprint density at radius 1 is 1.35 bits per heavy atom. The Labute approximate surface area is 122 Å². The van der Waals surface area contributed by atoms with Crippen molar-refractivity contribution in [3.8, 4) is 6.07 Å². The molecule has 0 bridgehead atoms. The van der Waals surface area contributed by atoms with E-state index in [2.05, 4.69) is 30.1 Å². The molecule has 0 amide bonds. The summed E-state index contributed by atoms with van der Waals surface area (Å²) in [6.45, 7) is 8.69. The second-order valence-corrected chi connectivity index (χ2v) is 5.99. The maximum Gasteiger partial charge on any atom is 0.0837 e. The van der Waals surface area contributed by atoms with Gasteiger partial charge in [-0.3, -0.25) is 0 Å². The molecule has 108 valence electrons. The van der Waals surface area contributed by atoms with Crippen LogP contribution in [0.4, 0.5) is 0 Å². The highest BCUT2D eigenvalue weighted by atomic mass is 15.2.